The summed E-state index contributed by atoms with van der Waals surface area (Å²) in [6, 6.07) is 0. The molecule has 2 amide bonds. The molecular weight excluding hydrogens is 406 g/mol. The van der Waals surface area contributed by atoms with E-state index in [1.165, 1.54) is 4.90 Å². The predicted molar refractivity (Wildman–Crippen MR) is 129 cm³/mol. The van der Waals surface area contributed by atoms with Crippen molar-refractivity contribution in [2.24, 2.45) is 5.92 Å². The minimum absolute atomic E-state index is 0.0848. The molecule has 178 valence electrons. The third-order valence-corrected chi connectivity index (χ3v) is 13.5. The first kappa shape index (κ1) is 26.1. The first-order valence-corrected chi connectivity index (χ1v) is 14.2. The molecule has 1 aliphatic heterocycles. The smallest absolute Gasteiger partial charge is 0.417 e. The van der Waals surface area contributed by atoms with Crippen molar-refractivity contribution < 1.29 is 18.8 Å². The third kappa shape index (κ3) is 5.10. The monoisotopic (exact) mass is 451 g/mol. The van der Waals surface area contributed by atoms with E-state index in [1.807, 2.05) is 26.8 Å². The van der Waals surface area contributed by atoms with E-state index in [0.29, 0.717) is 29.5 Å². The van der Waals surface area contributed by atoms with E-state index in [2.05, 4.69) is 48.1 Å². The van der Waals surface area contributed by atoms with Crippen molar-refractivity contribution in [1.29, 1.82) is 0 Å². The van der Waals surface area contributed by atoms with Gasteiger partial charge in [-0.25, -0.2) is 9.69 Å². The number of amides is 2. The molecule has 1 aliphatic carbocycles. The molecule has 5 nitrogen and oxygen atoms in total. The summed E-state index contributed by atoms with van der Waals surface area (Å²) < 4.78 is 12.7. The van der Waals surface area contributed by atoms with Crippen molar-refractivity contribution in [1.82, 2.24) is 4.90 Å². The minimum atomic E-state index is -2.04. The van der Waals surface area contributed by atoms with Gasteiger partial charge in [0.2, 0.25) is 14.2 Å². The topological polar surface area (TPSA) is 55.8 Å². The van der Waals surface area contributed by atoms with Gasteiger partial charge >= 0.3 is 6.09 Å². The Morgan fingerprint density at radius 1 is 1.19 bits per heavy atom. The summed E-state index contributed by atoms with van der Waals surface area (Å²) in [6.45, 7) is 23.2. The molecule has 2 aliphatic rings. The number of likely N-dealkylation sites (tertiary alicyclic amines) is 1. The molecule has 1 heterocycles. The molecule has 2 fully saturated rings. The lowest BCUT2D eigenvalue weighted by Crippen LogP contribution is -2.64. The molecule has 0 aromatic carbocycles. The molecular formula is C25H45NO4Si. The highest BCUT2D eigenvalue weighted by Gasteiger charge is 2.56. The van der Waals surface area contributed by atoms with E-state index in [0.717, 1.165) is 19.3 Å². The zero-order chi connectivity index (χ0) is 23.8. The summed E-state index contributed by atoms with van der Waals surface area (Å²) in [5.41, 5.74) is 0.336. The number of carbonyl (C=O) groups is 2. The fourth-order valence-corrected chi connectivity index (χ4v) is 12.0. The number of carbonyl (C=O) groups excluding carboxylic acids is 2. The van der Waals surface area contributed by atoms with Crippen LogP contribution in [0.4, 0.5) is 4.79 Å². The van der Waals surface area contributed by atoms with E-state index in [-0.39, 0.29) is 17.9 Å². The summed E-state index contributed by atoms with van der Waals surface area (Å²) in [5, 5.41) is 0. The number of hydrogen-bond donors (Lipinski definition) is 0. The first-order valence-electron chi connectivity index (χ1n) is 12.0. The molecule has 0 aromatic heterocycles. The van der Waals surface area contributed by atoms with Crippen LogP contribution in [0.15, 0.2) is 12.7 Å². The van der Waals surface area contributed by atoms with E-state index in [4.69, 9.17) is 9.16 Å². The standard InChI is InChI=1S/C25H45NO4Si/c1-11-13-25-14-12-21(30-31(17(2)3,18(4)5)19(6)7)20(16-25)15-22(27)26(25)23(28)29-24(8,9)10/h11,17-21H,1,12-16H2,2-10H3/t20-,21+,25-/m0/s1. The molecule has 0 spiro atoms. The number of rotatable bonds is 7. The van der Waals surface area contributed by atoms with Gasteiger partial charge in [-0.05, 0) is 69.0 Å². The van der Waals surface area contributed by atoms with Crippen LogP contribution in [0.3, 0.4) is 0 Å². The van der Waals surface area contributed by atoms with Gasteiger partial charge in [0, 0.05) is 12.5 Å². The van der Waals surface area contributed by atoms with Gasteiger partial charge in [0.1, 0.15) is 5.60 Å². The Morgan fingerprint density at radius 2 is 1.74 bits per heavy atom. The number of imide groups is 1. The van der Waals surface area contributed by atoms with Gasteiger partial charge in [0.15, 0.2) is 0 Å². The number of fused-ring (bicyclic) bond motifs is 2. The quantitative estimate of drug-likeness (QED) is 0.314. The van der Waals surface area contributed by atoms with Crippen molar-refractivity contribution in [3.8, 4) is 0 Å². The van der Waals surface area contributed by atoms with Crippen molar-refractivity contribution in [3.05, 3.63) is 12.7 Å². The molecule has 0 N–H and O–H groups in total. The number of hydrogen-bond acceptors (Lipinski definition) is 4. The lowest BCUT2D eigenvalue weighted by molar-refractivity contribution is -0.151. The zero-order valence-electron chi connectivity index (χ0n) is 21.3. The van der Waals surface area contributed by atoms with Gasteiger partial charge in [0.25, 0.3) is 0 Å². The van der Waals surface area contributed by atoms with Crippen LogP contribution in [0.5, 0.6) is 0 Å². The molecule has 2 bridgehead atoms. The average molecular weight is 452 g/mol. The zero-order valence-corrected chi connectivity index (χ0v) is 22.3. The highest BCUT2D eigenvalue weighted by Crippen LogP contribution is 2.50. The van der Waals surface area contributed by atoms with Crippen LogP contribution < -0.4 is 0 Å². The Bertz CT molecular complexity index is 660. The Labute approximate surface area is 191 Å². The highest BCUT2D eigenvalue weighted by atomic mass is 28.4. The molecule has 0 unspecified atom stereocenters. The Hall–Kier alpha value is -1.14. The van der Waals surface area contributed by atoms with Crippen molar-refractivity contribution in [2.75, 3.05) is 0 Å². The summed E-state index contributed by atoms with van der Waals surface area (Å²) in [4.78, 5) is 27.7. The molecule has 3 atom stereocenters. The maximum absolute atomic E-state index is 13.3. The maximum atomic E-state index is 13.3. The fourth-order valence-electron chi connectivity index (χ4n) is 6.33. The van der Waals surface area contributed by atoms with Crippen LogP contribution in [0, 0.1) is 5.92 Å². The van der Waals surface area contributed by atoms with Crippen LogP contribution in [0.1, 0.15) is 94.4 Å². The molecule has 0 radical (unpaired) electrons. The van der Waals surface area contributed by atoms with Crippen LogP contribution in [0.25, 0.3) is 0 Å². The number of piperidine rings is 1. The summed E-state index contributed by atoms with van der Waals surface area (Å²) in [6.07, 6.45) is 4.73. The van der Waals surface area contributed by atoms with E-state index in [1.54, 1.807) is 0 Å². The van der Waals surface area contributed by atoms with Crippen LogP contribution in [0.2, 0.25) is 16.6 Å². The van der Waals surface area contributed by atoms with Gasteiger partial charge < -0.3 is 9.16 Å². The largest absolute Gasteiger partial charge is 0.443 e. The second kappa shape index (κ2) is 9.38. The highest BCUT2D eigenvalue weighted by molar-refractivity contribution is 6.77. The molecule has 0 aromatic rings. The number of ether oxygens (including phenoxy) is 1. The maximum Gasteiger partial charge on any atom is 0.417 e. The Kier molecular flexibility index (Phi) is 7.90. The molecule has 1 saturated heterocycles. The van der Waals surface area contributed by atoms with E-state index < -0.39 is 25.6 Å². The van der Waals surface area contributed by atoms with E-state index in [9.17, 15) is 9.59 Å². The minimum Gasteiger partial charge on any atom is -0.443 e. The number of nitrogens with zero attached hydrogens (tertiary/aromatic N) is 1. The lowest BCUT2D eigenvalue weighted by atomic mass is 9.67. The summed E-state index contributed by atoms with van der Waals surface area (Å²) in [7, 11) is -2.04. The average Bonchev–Trinajstić information content (AvgIpc) is 2.58. The van der Waals surface area contributed by atoms with Gasteiger partial charge in [-0.1, -0.05) is 47.6 Å². The molecule has 2 rings (SSSR count). The van der Waals surface area contributed by atoms with Gasteiger partial charge in [-0.3, -0.25) is 4.79 Å². The van der Waals surface area contributed by atoms with Crippen LogP contribution in [-0.2, 0) is 14.0 Å². The van der Waals surface area contributed by atoms with Crippen molar-refractivity contribution in [2.45, 2.75) is 128 Å². The fraction of sp³-hybridized carbons (Fsp3) is 0.840. The second-order valence-electron chi connectivity index (χ2n) is 11.6. The molecule has 1 saturated carbocycles. The van der Waals surface area contributed by atoms with Gasteiger partial charge in [0.05, 0.1) is 5.54 Å². The lowest BCUT2D eigenvalue weighted by Gasteiger charge is -2.55. The Balaban J connectivity index is 2.34. The van der Waals surface area contributed by atoms with Crippen molar-refractivity contribution in [3.63, 3.8) is 0 Å². The normalized spacial score (nSPS) is 27.2. The Morgan fingerprint density at radius 3 is 2.19 bits per heavy atom. The van der Waals surface area contributed by atoms with E-state index >= 15 is 0 Å². The molecule has 31 heavy (non-hydrogen) atoms. The SMILES string of the molecule is C=CC[C@@]12CC[C@@H](O[Si](C(C)C)(C(C)C)C(C)C)[C@@H](CC(=O)N1C(=O)OC(C)(C)C)C2. The van der Waals surface area contributed by atoms with Gasteiger partial charge in [-0.2, -0.15) is 0 Å². The second-order valence-corrected chi connectivity index (χ2v) is 17.0. The summed E-state index contributed by atoms with van der Waals surface area (Å²) in [5.74, 6) is 0.00886. The molecule has 6 heteroatoms. The van der Waals surface area contributed by atoms with Crippen LogP contribution in [-0.4, -0.2) is 42.5 Å². The van der Waals surface area contributed by atoms with Crippen LogP contribution >= 0.6 is 0 Å². The van der Waals surface area contributed by atoms with Crippen molar-refractivity contribution >= 4 is 20.3 Å². The predicted octanol–water partition coefficient (Wildman–Crippen LogP) is 6.83. The third-order valence-electron chi connectivity index (χ3n) is 7.39. The van der Waals surface area contributed by atoms with Gasteiger partial charge in [-0.15, -0.1) is 6.58 Å². The summed E-state index contributed by atoms with van der Waals surface area (Å²) >= 11 is 0. The first-order chi connectivity index (χ1) is 14.2.